The molecule has 0 saturated carbocycles. The molecule has 8 rings (SSSR count). The van der Waals surface area contributed by atoms with Gasteiger partial charge in [0, 0.05) is 30.2 Å². The van der Waals surface area contributed by atoms with E-state index in [1.807, 2.05) is 16.7 Å². The highest BCUT2D eigenvalue weighted by Crippen LogP contribution is 2.50. The first kappa shape index (κ1) is 29.2. The van der Waals surface area contributed by atoms with E-state index in [-0.39, 0.29) is 29.0 Å². The average Bonchev–Trinajstić information content (AvgIpc) is 3.69. The van der Waals surface area contributed by atoms with E-state index in [4.69, 9.17) is 30.8 Å². The second kappa shape index (κ2) is 11.2. The van der Waals surface area contributed by atoms with Crippen molar-refractivity contribution in [3.8, 4) is 22.9 Å². The van der Waals surface area contributed by atoms with E-state index in [2.05, 4.69) is 25.6 Å². The minimum atomic E-state index is -1.31. The lowest BCUT2D eigenvalue weighted by atomic mass is 9.88. The highest BCUT2D eigenvalue weighted by Gasteiger charge is 2.43. The Balaban J connectivity index is 1.01. The van der Waals surface area contributed by atoms with Crippen LogP contribution in [0, 0.1) is 11.6 Å². The number of para-hydroxylation sites is 1. The lowest BCUT2D eigenvalue weighted by Gasteiger charge is -2.33. The first-order valence-corrected chi connectivity index (χ1v) is 15.7. The number of hydrogen-bond donors (Lipinski definition) is 1. The Morgan fingerprint density at radius 1 is 1.07 bits per heavy atom. The number of aromatic amines is 1. The topological polar surface area (TPSA) is 108 Å². The maximum atomic E-state index is 15.2. The van der Waals surface area contributed by atoms with Crippen molar-refractivity contribution in [2.45, 2.75) is 57.1 Å². The standard InChI is InChI=1S/C33H30ClF2N5O5/c1-33(23-6-5-19(34)13-25(23)36)44-28-4-2-3-21(30(28)45-33)18-7-10-40(11-8-18)17-29-37-26-14-22(31-38-32(42)46-39-31)24(35)15-27(26)41(29)16-20-9-12-43-20/h2-6,13-15,18,20H,7-12,16-17H2,1H3,(H,38,39,42). The number of nitrogens with one attached hydrogen (secondary N) is 1. The van der Waals surface area contributed by atoms with E-state index in [0.717, 1.165) is 43.7 Å². The fourth-order valence-corrected chi connectivity index (χ4v) is 6.88. The minimum absolute atomic E-state index is 0.0188. The summed E-state index contributed by atoms with van der Waals surface area (Å²) in [5, 5.41) is 3.95. The van der Waals surface area contributed by atoms with Crippen LogP contribution in [0.25, 0.3) is 22.4 Å². The van der Waals surface area contributed by atoms with Gasteiger partial charge in [0.2, 0.25) is 0 Å². The van der Waals surface area contributed by atoms with Crippen LogP contribution < -0.4 is 15.2 Å². The van der Waals surface area contributed by atoms with Gasteiger partial charge in [-0.15, -0.1) is 0 Å². The number of fused-ring (bicyclic) bond motifs is 2. The van der Waals surface area contributed by atoms with Crippen LogP contribution in [-0.2, 0) is 23.6 Å². The number of halogens is 3. The van der Waals surface area contributed by atoms with E-state index < -0.39 is 23.2 Å². The van der Waals surface area contributed by atoms with E-state index in [1.54, 1.807) is 25.1 Å². The highest BCUT2D eigenvalue weighted by atomic mass is 35.5. The van der Waals surface area contributed by atoms with E-state index in [9.17, 15) is 9.18 Å². The fraction of sp³-hybridized carbons (Fsp3) is 0.364. The van der Waals surface area contributed by atoms with Gasteiger partial charge in [0.15, 0.2) is 17.3 Å². The van der Waals surface area contributed by atoms with Crippen molar-refractivity contribution in [3.05, 3.63) is 92.7 Å². The van der Waals surface area contributed by atoms with Gasteiger partial charge in [-0.05, 0) is 68.6 Å². The van der Waals surface area contributed by atoms with Crippen LogP contribution >= 0.6 is 11.6 Å². The molecule has 2 fully saturated rings. The van der Waals surface area contributed by atoms with Crippen molar-refractivity contribution in [2.75, 3.05) is 19.7 Å². The number of piperidine rings is 1. The van der Waals surface area contributed by atoms with Gasteiger partial charge in [0.05, 0.1) is 41.4 Å². The molecule has 3 aliphatic heterocycles. The molecule has 5 aromatic rings. The molecule has 13 heteroatoms. The molecule has 3 aromatic carbocycles. The summed E-state index contributed by atoms with van der Waals surface area (Å²) >= 11 is 5.98. The van der Waals surface area contributed by atoms with E-state index in [0.29, 0.717) is 47.3 Å². The van der Waals surface area contributed by atoms with Crippen molar-refractivity contribution >= 4 is 22.6 Å². The number of imidazole rings is 1. The number of nitrogens with zero attached hydrogens (tertiary/aromatic N) is 4. The summed E-state index contributed by atoms with van der Waals surface area (Å²) in [6.45, 7) is 5.19. The summed E-state index contributed by atoms with van der Waals surface area (Å²) in [5.41, 5.74) is 2.70. The predicted molar refractivity (Wildman–Crippen MR) is 164 cm³/mol. The van der Waals surface area contributed by atoms with E-state index in [1.165, 1.54) is 12.1 Å². The Hall–Kier alpha value is -4.26. The average molecular weight is 650 g/mol. The van der Waals surface area contributed by atoms with Crippen molar-refractivity contribution in [2.24, 2.45) is 0 Å². The van der Waals surface area contributed by atoms with Crippen LogP contribution in [-0.4, -0.2) is 50.4 Å². The van der Waals surface area contributed by atoms with E-state index >= 15 is 4.39 Å². The molecule has 2 unspecified atom stereocenters. The number of hydrogen-bond acceptors (Lipinski definition) is 8. The molecule has 0 aliphatic carbocycles. The van der Waals surface area contributed by atoms with Crippen molar-refractivity contribution in [1.82, 2.24) is 24.6 Å². The molecule has 10 nitrogen and oxygen atoms in total. The molecular formula is C33H30ClF2N5O5. The summed E-state index contributed by atoms with van der Waals surface area (Å²) in [7, 11) is 0. The van der Waals surface area contributed by atoms with Crippen molar-refractivity contribution in [1.29, 1.82) is 0 Å². The minimum Gasteiger partial charge on any atom is -0.444 e. The first-order chi connectivity index (χ1) is 22.2. The Labute approximate surface area is 266 Å². The first-order valence-electron chi connectivity index (χ1n) is 15.3. The van der Waals surface area contributed by atoms with Gasteiger partial charge in [0.25, 0.3) is 5.79 Å². The van der Waals surface area contributed by atoms with Gasteiger partial charge in [-0.2, -0.15) is 0 Å². The molecule has 0 spiro atoms. The smallest absolute Gasteiger partial charge is 0.439 e. The zero-order chi connectivity index (χ0) is 31.6. The largest absolute Gasteiger partial charge is 0.444 e. The molecule has 0 bridgehead atoms. The number of H-pyrrole nitrogens is 1. The summed E-state index contributed by atoms with van der Waals surface area (Å²) in [5.74, 6) is -0.796. The molecule has 2 saturated heterocycles. The molecule has 2 aromatic heterocycles. The maximum Gasteiger partial charge on any atom is 0.439 e. The molecule has 3 aliphatic rings. The molecular weight excluding hydrogens is 620 g/mol. The number of rotatable bonds is 7. The lowest BCUT2D eigenvalue weighted by Crippen LogP contribution is -2.35. The van der Waals surface area contributed by atoms with Crippen LogP contribution in [0.15, 0.2) is 57.8 Å². The summed E-state index contributed by atoms with van der Waals surface area (Å²) in [6, 6.07) is 13.3. The van der Waals surface area contributed by atoms with Gasteiger partial charge in [-0.25, -0.2) is 18.6 Å². The maximum absolute atomic E-state index is 15.2. The Bertz CT molecular complexity index is 2020. The van der Waals surface area contributed by atoms with Crippen LogP contribution in [0.2, 0.25) is 5.02 Å². The number of benzene rings is 3. The number of ether oxygens (including phenoxy) is 3. The molecule has 46 heavy (non-hydrogen) atoms. The fourth-order valence-electron chi connectivity index (χ4n) is 6.72. The van der Waals surface area contributed by atoms with Gasteiger partial charge < -0.3 is 18.8 Å². The number of aromatic nitrogens is 4. The molecule has 0 radical (unpaired) electrons. The monoisotopic (exact) mass is 649 g/mol. The van der Waals surface area contributed by atoms with Gasteiger partial charge in [0.1, 0.15) is 17.5 Å². The highest BCUT2D eigenvalue weighted by molar-refractivity contribution is 6.30. The third-order valence-corrected chi connectivity index (χ3v) is 9.45. The predicted octanol–water partition coefficient (Wildman–Crippen LogP) is 6.12. The Morgan fingerprint density at radius 2 is 1.89 bits per heavy atom. The second-order valence-corrected chi connectivity index (χ2v) is 12.6. The normalized spacial score (nSPS) is 21.6. The zero-order valence-corrected chi connectivity index (χ0v) is 25.7. The molecule has 1 N–H and O–H groups in total. The lowest BCUT2D eigenvalue weighted by molar-refractivity contribution is -0.0712. The van der Waals surface area contributed by atoms with Crippen LogP contribution in [0.4, 0.5) is 8.78 Å². The molecule has 2 atom stereocenters. The van der Waals surface area contributed by atoms with Gasteiger partial charge in [-0.3, -0.25) is 14.4 Å². The van der Waals surface area contributed by atoms with Gasteiger partial charge in [-0.1, -0.05) is 28.9 Å². The molecule has 0 amide bonds. The second-order valence-electron chi connectivity index (χ2n) is 12.2. The molecule has 5 heterocycles. The van der Waals surface area contributed by atoms with Gasteiger partial charge >= 0.3 is 5.76 Å². The SMILES string of the molecule is CC1(c2ccc(Cl)cc2F)Oc2cccc(C3CCN(Cc4nc5cc(-c6noc(=O)[nH]6)c(F)cc5n4CC4CCO4)CC3)c2O1. The van der Waals surface area contributed by atoms with Crippen LogP contribution in [0.3, 0.4) is 0 Å². The number of likely N-dealkylation sites (tertiary alicyclic amines) is 1. The Morgan fingerprint density at radius 3 is 2.61 bits per heavy atom. The zero-order valence-electron chi connectivity index (χ0n) is 24.9. The van der Waals surface area contributed by atoms with Crippen molar-refractivity contribution < 1.29 is 27.5 Å². The van der Waals surface area contributed by atoms with Crippen molar-refractivity contribution in [3.63, 3.8) is 0 Å². The van der Waals surface area contributed by atoms with Crippen LogP contribution in [0.1, 0.15) is 49.1 Å². The molecule has 238 valence electrons. The summed E-state index contributed by atoms with van der Waals surface area (Å²) < 4.78 is 55.0. The van der Waals surface area contributed by atoms with Crippen LogP contribution in [0.5, 0.6) is 11.5 Å². The summed E-state index contributed by atoms with van der Waals surface area (Å²) in [4.78, 5) is 21.1. The third-order valence-electron chi connectivity index (χ3n) is 9.21. The quantitative estimate of drug-likeness (QED) is 0.225. The third kappa shape index (κ3) is 5.14. The summed E-state index contributed by atoms with van der Waals surface area (Å²) in [6.07, 6.45) is 2.72. The Kier molecular flexibility index (Phi) is 7.11.